The number of ketones is 1. The van der Waals surface area contributed by atoms with Crippen molar-refractivity contribution in [3.05, 3.63) is 63.8 Å². The Bertz CT molecular complexity index is 994. The molecule has 3 aromatic rings. The van der Waals surface area contributed by atoms with Crippen molar-refractivity contribution in [2.75, 3.05) is 0 Å². The van der Waals surface area contributed by atoms with E-state index in [0.29, 0.717) is 33.5 Å². The second-order valence-corrected chi connectivity index (χ2v) is 7.40. The number of halogens is 1. The largest absolute Gasteiger partial charge is 0.319 e. The maximum atomic E-state index is 13.3. The van der Waals surface area contributed by atoms with Gasteiger partial charge in [-0.3, -0.25) is 14.0 Å². The fourth-order valence-electron chi connectivity index (χ4n) is 3.11. The summed E-state index contributed by atoms with van der Waals surface area (Å²) < 4.78 is 3.58. The Morgan fingerprint density at radius 3 is 2.50 bits per heavy atom. The summed E-state index contributed by atoms with van der Waals surface area (Å²) in [6, 6.07) is 7.01. The normalized spacial score (nSPS) is 11.8. The van der Waals surface area contributed by atoms with E-state index in [1.807, 2.05) is 32.3 Å². The Kier molecular flexibility index (Phi) is 4.50. The predicted molar refractivity (Wildman–Crippen MR) is 102 cm³/mol. The number of nitrogens with two attached hydrogens (primary N) is 1. The summed E-state index contributed by atoms with van der Waals surface area (Å²) in [6.07, 6.45) is 1.75. The topological polar surface area (TPSA) is 78.7 Å². The number of rotatable bonds is 4. The number of aromatic nitrogens is 4. The number of hydrogen-bond donors (Lipinski definition) is 1. The molecule has 0 saturated carbocycles. The second kappa shape index (κ2) is 6.37. The highest BCUT2D eigenvalue weighted by atomic mass is 35.5. The van der Waals surface area contributed by atoms with Crippen molar-refractivity contribution in [3.63, 3.8) is 0 Å². The Hall–Kier alpha value is -2.44. The average Bonchev–Trinajstić information content (AvgIpc) is 3.06. The molecule has 0 spiro atoms. The highest BCUT2D eigenvalue weighted by molar-refractivity contribution is 6.35. The van der Waals surface area contributed by atoms with Crippen molar-refractivity contribution in [2.45, 2.75) is 33.2 Å². The summed E-state index contributed by atoms with van der Waals surface area (Å²) in [7, 11) is 1.80. The van der Waals surface area contributed by atoms with Crippen LogP contribution in [0.1, 0.15) is 47.0 Å². The lowest BCUT2D eigenvalue weighted by molar-refractivity contribution is 0.103. The third-order valence-corrected chi connectivity index (χ3v) is 4.59. The lowest BCUT2D eigenvalue weighted by Gasteiger charge is -2.21. The molecular formula is C19H22ClN5O. The van der Waals surface area contributed by atoms with E-state index >= 15 is 0 Å². The van der Waals surface area contributed by atoms with Gasteiger partial charge in [0.2, 0.25) is 0 Å². The Labute approximate surface area is 157 Å². The van der Waals surface area contributed by atoms with Gasteiger partial charge in [0.25, 0.3) is 0 Å². The van der Waals surface area contributed by atoms with Gasteiger partial charge in [0.1, 0.15) is 11.6 Å². The third kappa shape index (κ3) is 2.95. The zero-order valence-corrected chi connectivity index (χ0v) is 16.3. The van der Waals surface area contributed by atoms with Crippen molar-refractivity contribution in [1.29, 1.82) is 0 Å². The van der Waals surface area contributed by atoms with Crippen LogP contribution in [0.15, 0.2) is 30.5 Å². The zero-order valence-electron chi connectivity index (χ0n) is 15.5. The van der Waals surface area contributed by atoms with E-state index in [9.17, 15) is 4.79 Å². The number of aryl methyl sites for hydroxylation is 3. The van der Waals surface area contributed by atoms with Gasteiger partial charge >= 0.3 is 0 Å². The van der Waals surface area contributed by atoms with Crippen LogP contribution in [-0.4, -0.2) is 25.1 Å². The van der Waals surface area contributed by atoms with Crippen LogP contribution in [0, 0.1) is 13.8 Å². The minimum Gasteiger partial charge on any atom is -0.319 e. The molecule has 0 aliphatic rings. The maximum absolute atomic E-state index is 13.3. The molecule has 0 unspecified atom stereocenters. The van der Waals surface area contributed by atoms with Crippen molar-refractivity contribution >= 4 is 17.4 Å². The van der Waals surface area contributed by atoms with Crippen molar-refractivity contribution < 1.29 is 4.79 Å². The molecule has 1 aromatic carbocycles. The van der Waals surface area contributed by atoms with Crippen molar-refractivity contribution in [3.8, 4) is 5.82 Å². The van der Waals surface area contributed by atoms with Crippen LogP contribution in [0.2, 0.25) is 5.02 Å². The molecule has 26 heavy (non-hydrogen) atoms. The summed E-state index contributed by atoms with van der Waals surface area (Å²) in [5, 5.41) is 4.88. The molecule has 0 bridgehead atoms. The van der Waals surface area contributed by atoms with E-state index in [1.165, 1.54) is 0 Å². The quantitative estimate of drug-likeness (QED) is 0.713. The number of benzene rings is 1. The summed E-state index contributed by atoms with van der Waals surface area (Å²) in [4.78, 5) is 17.8. The van der Waals surface area contributed by atoms with Gasteiger partial charge in [0.15, 0.2) is 5.78 Å². The van der Waals surface area contributed by atoms with Crippen LogP contribution < -0.4 is 5.73 Å². The monoisotopic (exact) mass is 371 g/mol. The van der Waals surface area contributed by atoms with Crippen molar-refractivity contribution in [2.24, 2.45) is 12.8 Å². The molecule has 3 rings (SSSR count). The summed E-state index contributed by atoms with van der Waals surface area (Å²) >= 11 is 6.25. The number of carbonyl (C=O) groups excluding carboxylic acids is 1. The summed E-state index contributed by atoms with van der Waals surface area (Å²) in [5.74, 6) is 1.12. The Morgan fingerprint density at radius 1 is 1.23 bits per heavy atom. The Balaban J connectivity index is 2.29. The number of nitrogens with zero attached hydrogens (tertiary/aromatic N) is 4. The van der Waals surface area contributed by atoms with Crippen LogP contribution >= 0.6 is 11.6 Å². The zero-order chi connectivity index (χ0) is 19.2. The van der Waals surface area contributed by atoms with Crippen molar-refractivity contribution in [1.82, 2.24) is 19.3 Å². The van der Waals surface area contributed by atoms with Gasteiger partial charge in [-0.15, -0.1) is 0 Å². The highest BCUT2D eigenvalue weighted by Gasteiger charge is 2.30. The fraction of sp³-hybridized carbons (Fsp3) is 0.316. The molecule has 0 aliphatic carbocycles. The van der Waals surface area contributed by atoms with E-state index in [4.69, 9.17) is 17.3 Å². The molecule has 0 aliphatic heterocycles. The lowest BCUT2D eigenvalue weighted by Crippen LogP contribution is -2.33. The van der Waals surface area contributed by atoms with Gasteiger partial charge in [-0.1, -0.05) is 23.7 Å². The molecule has 0 atom stereocenters. The molecule has 0 radical (unpaired) electrons. The maximum Gasteiger partial charge on any atom is 0.200 e. The molecular weight excluding hydrogens is 350 g/mol. The van der Waals surface area contributed by atoms with E-state index in [2.05, 4.69) is 10.1 Å². The van der Waals surface area contributed by atoms with Crippen LogP contribution in [0.4, 0.5) is 0 Å². The van der Waals surface area contributed by atoms with Gasteiger partial charge in [-0.2, -0.15) is 5.10 Å². The molecule has 0 saturated heterocycles. The molecule has 2 aromatic heterocycles. The minimum atomic E-state index is -0.683. The first kappa shape index (κ1) is 18.4. The van der Waals surface area contributed by atoms with Gasteiger partial charge in [0, 0.05) is 24.5 Å². The number of imidazole rings is 1. The molecule has 0 amide bonds. The predicted octanol–water partition coefficient (Wildman–Crippen LogP) is 3.30. The molecule has 2 heterocycles. The summed E-state index contributed by atoms with van der Waals surface area (Å²) in [6.45, 7) is 7.50. The highest BCUT2D eigenvalue weighted by Crippen LogP contribution is 2.29. The van der Waals surface area contributed by atoms with Crippen LogP contribution in [0.5, 0.6) is 0 Å². The van der Waals surface area contributed by atoms with Gasteiger partial charge in [-0.05, 0) is 39.8 Å². The first-order chi connectivity index (χ1) is 12.1. The molecule has 7 heteroatoms. The van der Waals surface area contributed by atoms with Gasteiger partial charge in [0.05, 0.1) is 21.8 Å². The molecule has 2 N–H and O–H groups in total. The van der Waals surface area contributed by atoms with E-state index in [1.54, 1.807) is 42.2 Å². The third-order valence-electron chi connectivity index (χ3n) is 4.26. The Morgan fingerprint density at radius 2 is 1.88 bits per heavy atom. The van der Waals surface area contributed by atoms with Crippen LogP contribution in [-0.2, 0) is 12.6 Å². The number of carbonyl (C=O) groups is 1. The standard InChI is InChI=1S/C19H22ClN5O/c1-11-10-22-18(19(3,4)21)25(11)17-15(12(2)23-24(17)5)16(26)13-8-6-7-9-14(13)20/h6-10H,21H2,1-5H3. The fourth-order valence-corrected chi connectivity index (χ4v) is 3.33. The van der Waals surface area contributed by atoms with E-state index in [0.717, 1.165) is 5.69 Å². The minimum absolute atomic E-state index is 0.176. The smallest absolute Gasteiger partial charge is 0.200 e. The molecule has 136 valence electrons. The van der Waals surface area contributed by atoms with E-state index < -0.39 is 5.54 Å². The first-order valence-corrected chi connectivity index (χ1v) is 8.67. The van der Waals surface area contributed by atoms with Gasteiger partial charge < -0.3 is 5.73 Å². The van der Waals surface area contributed by atoms with E-state index in [-0.39, 0.29) is 5.78 Å². The van der Waals surface area contributed by atoms with Crippen LogP contribution in [0.25, 0.3) is 5.82 Å². The number of hydrogen-bond acceptors (Lipinski definition) is 4. The molecule has 0 fully saturated rings. The second-order valence-electron chi connectivity index (χ2n) is 7.00. The SMILES string of the molecule is Cc1nn(C)c(-n2c(C)cnc2C(C)(C)N)c1C(=O)c1ccccc1Cl. The average molecular weight is 372 g/mol. The van der Waals surface area contributed by atoms with Gasteiger partial charge in [-0.25, -0.2) is 4.98 Å². The first-order valence-electron chi connectivity index (χ1n) is 8.29. The molecule has 6 nitrogen and oxygen atoms in total. The lowest BCUT2D eigenvalue weighted by atomic mass is 10.0. The van der Waals surface area contributed by atoms with Crippen LogP contribution in [0.3, 0.4) is 0 Å². The summed E-state index contributed by atoms with van der Waals surface area (Å²) in [5.41, 5.74) is 8.06.